The maximum atomic E-state index is 11.6. The largest absolute Gasteiger partial charge is 0.368 e. The highest BCUT2D eigenvalue weighted by Gasteiger charge is 2.46. The molecule has 0 bridgehead atoms. The van der Waals surface area contributed by atoms with Crippen LogP contribution in [-0.4, -0.2) is 28.5 Å². The van der Waals surface area contributed by atoms with Crippen molar-refractivity contribution in [2.75, 3.05) is 7.05 Å². The monoisotopic (exact) mass is 210 g/mol. The Kier molecular flexibility index (Phi) is 2.34. The zero-order chi connectivity index (χ0) is 11.1. The van der Waals surface area contributed by atoms with Crippen molar-refractivity contribution in [3.05, 3.63) is 11.9 Å². The predicted octanol–water partition coefficient (Wildman–Crippen LogP) is 0.313. The molecular formula is C10H18N4O. The molecule has 3 N–H and O–H groups in total. The molecule has 0 aromatic heterocycles. The molecule has 0 radical (unpaired) electrons. The number of hydrazine groups is 2. The lowest BCUT2D eigenvalue weighted by Crippen LogP contribution is -2.58. The molecule has 1 saturated carbocycles. The van der Waals surface area contributed by atoms with Crippen LogP contribution in [0.25, 0.3) is 0 Å². The Bertz CT molecular complexity index is 307. The number of amides is 1. The first-order valence-electron chi connectivity index (χ1n) is 5.34. The summed E-state index contributed by atoms with van der Waals surface area (Å²) in [7, 11) is 1.93. The number of primary amides is 1. The number of rotatable bonds is 2. The smallest absolute Gasteiger partial charge is 0.244 e. The van der Waals surface area contributed by atoms with Gasteiger partial charge in [-0.25, -0.2) is 0 Å². The lowest BCUT2D eigenvalue weighted by molar-refractivity contribution is -0.131. The van der Waals surface area contributed by atoms with Gasteiger partial charge in [-0.3, -0.25) is 14.8 Å². The summed E-state index contributed by atoms with van der Waals surface area (Å²) in [6, 6.07) is 0. The first-order valence-corrected chi connectivity index (χ1v) is 5.34. The number of nitrogens with one attached hydrogen (secondary N) is 1. The van der Waals surface area contributed by atoms with Crippen LogP contribution in [0.3, 0.4) is 0 Å². The summed E-state index contributed by atoms with van der Waals surface area (Å²) in [6.07, 6.45) is 5.77. The fourth-order valence-corrected chi connectivity index (χ4v) is 2.33. The Labute approximate surface area is 89.8 Å². The van der Waals surface area contributed by atoms with E-state index in [2.05, 4.69) is 5.53 Å². The molecule has 0 aromatic carbocycles. The molecule has 1 aliphatic carbocycles. The molecule has 2 aliphatic rings. The Hall–Kier alpha value is -1.23. The molecule has 0 aromatic rings. The first-order chi connectivity index (χ1) is 7.06. The molecule has 5 nitrogen and oxygen atoms in total. The minimum atomic E-state index is -0.522. The van der Waals surface area contributed by atoms with Gasteiger partial charge in [0.1, 0.15) is 5.54 Å². The van der Waals surface area contributed by atoms with E-state index >= 15 is 0 Å². The van der Waals surface area contributed by atoms with Gasteiger partial charge < -0.3 is 5.73 Å². The quantitative estimate of drug-likeness (QED) is 0.688. The molecule has 1 amide bonds. The highest BCUT2D eigenvalue weighted by atomic mass is 16.2. The van der Waals surface area contributed by atoms with Gasteiger partial charge in [-0.15, -0.1) is 5.53 Å². The summed E-state index contributed by atoms with van der Waals surface area (Å²) in [5.41, 5.74) is 9.24. The van der Waals surface area contributed by atoms with Gasteiger partial charge >= 0.3 is 0 Å². The molecule has 1 fully saturated rings. The minimum Gasteiger partial charge on any atom is -0.368 e. The van der Waals surface area contributed by atoms with E-state index < -0.39 is 5.54 Å². The standard InChI is InChI=1S/C10H18N4O/c1-8-7-14(12-13(8)2)10(9(11)15)5-3-4-6-10/h7,12H,3-6H2,1-2H3,(H2,11,15). The van der Waals surface area contributed by atoms with Crippen LogP contribution in [0.5, 0.6) is 0 Å². The average molecular weight is 210 g/mol. The summed E-state index contributed by atoms with van der Waals surface area (Å²) < 4.78 is 0. The van der Waals surface area contributed by atoms with Crippen molar-refractivity contribution in [3.8, 4) is 0 Å². The highest BCUT2D eigenvalue weighted by Crippen LogP contribution is 2.36. The maximum Gasteiger partial charge on any atom is 0.244 e. The third-order valence-electron chi connectivity index (χ3n) is 3.45. The van der Waals surface area contributed by atoms with Crippen LogP contribution in [0.4, 0.5) is 0 Å². The fourth-order valence-electron chi connectivity index (χ4n) is 2.33. The molecular weight excluding hydrogens is 192 g/mol. The van der Waals surface area contributed by atoms with Crippen molar-refractivity contribution in [2.24, 2.45) is 5.73 Å². The lowest BCUT2D eigenvalue weighted by Gasteiger charge is -2.36. The van der Waals surface area contributed by atoms with Crippen molar-refractivity contribution < 1.29 is 4.79 Å². The van der Waals surface area contributed by atoms with Crippen molar-refractivity contribution in [1.29, 1.82) is 0 Å². The second kappa shape index (κ2) is 3.41. The van der Waals surface area contributed by atoms with Gasteiger partial charge in [-0.2, -0.15) is 0 Å². The molecule has 0 unspecified atom stereocenters. The first kappa shape index (κ1) is 10.3. The SMILES string of the molecule is CC1=CN(C2(C(N)=O)CCCC2)NN1C. The van der Waals surface area contributed by atoms with Crippen LogP contribution in [0.1, 0.15) is 32.6 Å². The van der Waals surface area contributed by atoms with Gasteiger partial charge in [0.25, 0.3) is 0 Å². The van der Waals surface area contributed by atoms with Crippen LogP contribution < -0.4 is 11.3 Å². The second-order valence-electron chi connectivity index (χ2n) is 4.40. The van der Waals surface area contributed by atoms with E-state index in [9.17, 15) is 4.79 Å². The molecule has 1 aliphatic heterocycles. The van der Waals surface area contributed by atoms with Crippen LogP contribution in [0, 0.1) is 0 Å². The molecule has 5 heteroatoms. The number of nitrogens with two attached hydrogens (primary N) is 1. The zero-order valence-electron chi connectivity index (χ0n) is 9.29. The summed E-state index contributed by atoms with van der Waals surface area (Å²) in [4.78, 5) is 11.6. The van der Waals surface area contributed by atoms with Crippen LogP contribution in [-0.2, 0) is 4.79 Å². The molecule has 0 atom stereocenters. The number of hydrogen-bond donors (Lipinski definition) is 2. The minimum absolute atomic E-state index is 0.230. The Balaban J connectivity index is 2.24. The highest BCUT2D eigenvalue weighted by molar-refractivity contribution is 5.85. The normalized spacial score (nSPS) is 24.5. The molecule has 0 saturated heterocycles. The zero-order valence-corrected chi connectivity index (χ0v) is 9.29. The predicted molar refractivity (Wildman–Crippen MR) is 56.9 cm³/mol. The van der Waals surface area contributed by atoms with Crippen LogP contribution in [0.15, 0.2) is 11.9 Å². The van der Waals surface area contributed by atoms with E-state index in [1.165, 1.54) is 0 Å². The van der Waals surface area contributed by atoms with Crippen molar-refractivity contribution in [1.82, 2.24) is 15.6 Å². The van der Waals surface area contributed by atoms with Crippen LogP contribution >= 0.6 is 0 Å². The number of hydrogen-bond acceptors (Lipinski definition) is 4. The van der Waals surface area contributed by atoms with E-state index in [0.717, 1.165) is 31.4 Å². The molecule has 84 valence electrons. The average Bonchev–Trinajstić information content (AvgIpc) is 2.75. The third kappa shape index (κ3) is 1.47. The molecule has 1 heterocycles. The van der Waals surface area contributed by atoms with Crippen molar-refractivity contribution in [3.63, 3.8) is 0 Å². The Morgan fingerprint density at radius 3 is 2.53 bits per heavy atom. The second-order valence-corrected chi connectivity index (χ2v) is 4.40. The lowest BCUT2D eigenvalue weighted by atomic mass is 9.96. The molecule has 15 heavy (non-hydrogen) atoms. The molecule has 2 rings (SSSR count). The van der Waals surface area contributed by atoms with Gasteiger partial charge in [0, 0.05) is 18.9 Å². The van der Waals surface area contributed by atoms with Gasteiger partial charge in [-0.1, -0.05) is 12.8 Å². The number of allylic oxidation sites excluding steroid dienone is 1. The summed E-state index contributed by atoms with van der Waals surface area (Å²) in [6.45, 7) is 2.00. The van der Waals surface area contributed by atoms with E-state index in [4.69, 9.17) is 5.73 Å². The van der Waals surface area contributed by atoms with Crippen molar-refractivity contribution >= 4 is 5.91 Å². The van der Waals surface area contributed by atoms with Gasteiger partial charge in [0.2, 0.25) is 5.91 Å². The van der Waals surface area contributed by atoms with Crippen LogP contribution in [0.2, 0.25) is 0 Å². The van der Waals surface area contributed by atoms with Gasteiger partial charge in [0.15, 0.2) is 0 Å². The third-order valence-corrected chi connectivity index (χ3v) is 3.45. The topological polar surface area (TPSA) is 61.6 Å². The van der Waals surface area contributed by atoms with E-state index in [1.807, 2.05) is 30.2 Å². The van der Waals surface area contributed by atoms with Gasteiger partial charge in [-0.05, 0) is 19.8 Å². The summed E-state index contributed by atoms with van der Waals surface area (Å²) in [5.74, 6) is -0.230. The fraction of sp³-hybridized carbons (Fsp3) is 0.700. The van der Waals surface area contributed by atoms with E-state index in [1.54, 1.807) is 0 Å². The molecule has 0 spiro atoms. The van der Waals surface area contributed by atoms with E-state index in [-0.39, 0.29) is 5.91 Å². The Morgan fingerprint density at radius 1 is 1.53 bits per heavy atom. The number of carbonyl (C=O) groups is 1. The van der Waals surface area contributed by atoms with Crippen molar-refractivity contribution in [2.45, 2.75) is 38.1 Å². The van der Waals surface area contributed by atoms with E-state index in [0.29, 0.717) is 0 Å². The number of nitrogens with zero attached hydrogens (tertiary/aromatic N) is 2. The Morgan fingerprint density at radius 2 is 2.13 bits per heavy atom. The summed E-state index contributed by atoms with van der Waals surface area (Å²) >= 11 is 0. The number of carbonyl (C=O) groups excluding carboxylic acids is 1. The maximum absolute atomic E-state index is 11.6. The summed E-state index contributed by atoms with van der Waals surface area (Å²) in [5, 5.41) is 3.76. The van der Waals surface area contributed by atoms with Gasteiger partial charge in [0.05, 0.1) is 0 Å².